The first-order valence-electron chi connectivity index (χ1n) is 5.87. The molecule has 0 aliphatic rings. The lowest BCUT2D eigenvalue weighted by Crippen LogP contribution is -2.48. The van der Waals surface area contributed by atoms with Crippen LogP contribution in [-0.4, -0.2) is 35.5 Å². The van der Waals surface area contributed by atoms with Crippen LogP contribution in [0, 0.1) is 5.92 Å². The van der Waals surface area contributed by atoms with E-state index in [1.165, 1.54) is 6.07 Å². The van der Waals surface area contributed by atoms with Crippen LogP contribution in [0.2, 0.25) is 0 Å². The number of nitrogens with one attached hydrogen (secondary N) is 2. The number of furan rings is 1. The standard InChI is InChI=1S/C12H15BrN2O5/c1-6(2)10(12(18)19)15-9(16)5-14-11(17)7-3-4-8(13)20-7/h3-4,6,10H,5H2,1-2H3,(H,14,17)(H,15,16)(H,18,19)/t10-/m1/s1. The van der Waals surface area contributed by atoms with Gasteiger partial charge in [-0.25, -0.2) is 4.79 Å². The van der Waals surface area contributed by atoms with Crippen molar-refractivity contribution in [3.05, 3.63) is 22.6 Å². The summed E-state index contributed by atoms with van der Waals surface area (Å²) in [6.07, 6.45) is 0. The molecule has 1 atom stereocenters. The molecule has 0 radical (unpaired) electrons. The fraction of sp³-hybridized carbons (Fsp3) is 0.417. The van der Waals surface area contributed by atoms with Crippen LogP contribution in [0.1, 0.15) is 24.4 Å². The second-order valence-corrected chi connectivity index (χ2v) is 5.20. The summed E-state index contributed by atoms with van der Waals surface area (Å²) in [5, 5.41) is 13.6. The zero-order valence-electron chi connectivity index (χ0n) is 11.0. The van der Waals surface area contributed by atoms with E-state index in [0.717, 1.165) is 0 Å². The van der Waals surface area contributed by atoms with Gasteiger partial charge in [0.25, 0.3) is 5.91 Å². The van der Waals surface area contributed by atoms with E-state index >= 15 is 0 Å². The predicted molar refractivity (Wildman–Crippen MR) is 73.1 cm³/mol. The molecule has 1 heterocycles. The van der Waals surface area contributed by atoms with Crippen molar-refractivity contribution < 1.29 is 23.9 Å². The fourth-order valence-corrected chi connectivity index (χ4v) is 1.73. The number of halogens is 1. The summed E-state index contributed by atoms with van der Waals surface area (Å²) < 4.78 is 5.41. The second-order valence-electron chi connectivity index (χ2n) is 4.41. The number of carboxylic acids is 1. The summed E-state index contributed by atoms with van der Waals surface area (Å²) in [4.78, 5) is 34.1. The molecule has 0 aromatic carbocycles. The van der Waals surface area contributed by atoms with Crippen molar-refractivity contribution in [2.75, 3.05) is 6.54 Å². The molecule has 20 heavy (non-hydrogen) atoms. The number of carboxylic acid groups (broad SMARTS) is 1. The maximum Gasteiger partial charge on any atom is 0.326 e. The van der Waals surface area contributed by atoms with Crippen molar-refractivity contribution in [1.82, 2.24) is 10.6 Å². The highest BCUT2D eigenvalue weighted by molar-refractivity contribution is 9.10. The first-order valence-corrected chi connectivity index (χ1v) is 6.66. The van der Waals surface area contributed by atoms with Crippen LogP contribution in [-0.2, 0) is 9.59 Å². The highest BCUT2D eigenvalue weighted by atomic mass is 79.9. The molecule has 8 heteroatoms. The van der Waals surface area contributed by atoms with E-state index in [1.807, 2.05) is 0 Å². The van der Waals surface area contributed by atoms with E-state index in [0.29, 0.717) is 4.67 Å². The smallest absolute Gasteiger partial charge is 0.326 e. The van der Waals surface area contributed by atoms with Crippen LogP contribution in [0.25, 0.3) is 0 Å². The van der Waals surface area contributed by atoms with Gasteiger partial charge in [-0.3, -0.25) is 9.59 Å². The van der Waals surface area contributed by atoms with Crippen LogP contribution >= 0.6 is 15.9 Å². The van der Waals surface area contributed by atoms with Gasteiger partial charge in [-0.05, 0) is 34.0 Å². The van der Waals surface area contributed by atoms with Gasteiger partial charge in [0.05, 0.1) is 6.54 Å². The summed E-state index contributed by atoms with van der Waals surface area (Å²) in [6.45, 7) is 3.03. The number of carbonyl (C=O) groups excluding carboxylic acids is 2. The van der Waals surface area contributed by atoms with Crippen LogP contribution in [0.3, 0.4) is 0 Å². The molecule has 0 saturated carbocycles. The molecule has 0 bridgehead atoms. The largest absolute Gasteiger partial charge is 0.480 e. The Bertz CT molecular complexity index is 512. The topological polar surface area (TPSA) is 109 Å². The fourth-order valence-electron chi connectivity index (χ4n) is 1.42. The normalized spacial score (nSPS) is 12.0. The van der Waals surface area contributed by atoms with Crippen molar-refractivity contribution in [3.8, 4) is 0 Å². The van der Waals surface area contributed by atoms with Gasteiger partial charge in [-0.15, -0.1) is 0 Å². The van der Waals surface area contributed by atoms with Crippen molar-refractivity contribution in [2.24, 2.45) is 5.92 Å². The van der Waals surface area contributed by atoms with E-state index in [9.17, 15) is 14.4 Å². The van der Waals surface area contributed by atoms with E-state index < -0.39 is 23.8 Å². The molecule has 0 unspecified atom stereocenters. The number of hydrogen-bond acceptors (Lipinski definition) is 4. The van der Waals surface area contributed by atoms with E-state index in [2.05, 4.69) is 26.6 Å². The molecule has 1 aromatic heterocycles. The van der Waals surface area contributed by atoms with Crippen molar-refractivity contribution in [2.45, 2.75) is 19.9 Å². The Morgan fingerprint density at radius 2 is 2.00 bits per heavy atom. The molecule has 2 amide bonds. The SMILES string of the molecule is CC(C)[C@@H](NC(=O)CNC(=O)c1ccc(Br)o1)C(=O)O. The Labute approximate surface area is 123 Å². The zero-order chi connectivity index (χ0) is 15.3. The molecular formula is C12H15BrN2O5. The van der Waals surface area contributed by atoms with Gasteiger partial charge in [0.2, 0.25) is 5.91 Å². The minimum atomic E-state index is -1.12. The third kappa shape index (κ3) is 4.69. The lowest BCUT2D eigenvalue weighted by Gasteiger charge is -2.17. The van der Waals surface area contributed by atoms with Crippen LogP contribution in [0.15, 0.2) is 21.2 Å². The Hall–Kier alpha value is -1.83. The summed E-state index contributed by atoms with van der Waals surface area (Å²) in [6, 6.07) is 2.01. The summed E-state index contributed by atoms with van der Waals surface area (Å²) in [5.41, 5.74) is 0. The van der Waals surface area contributed by atoms with Gasteiger partial charge >= 0.3 is 5.97 Å². The quantitative estimate of drug-likeness (QED) is 0.711. The molecule has 7 nitrogen and oxygen atoms in total. The van der Waals surface area contributed by atoms with Crippen LogP contribution < -0.4 is 10.6 Å². The molecule has 110 valence electrons. The van der Waals surface area contributed by atoms with Gasteiger partial charge < -0.3 is 20.2 Å². The molecule has 1 aromatic rings. The van der Waals surface area contributed by atoms with E-state index in [-0.39, 0.29) is 18.2 Å². The average molecular weight is 347 g/mol. The molecular weight excluding hydrogens is 332 g/mol. The number of hydrogen-bond donors (Lipinski definition) is 3. The summed E-state index contributed by atoms with van der Waals surface area (Å²) >= 11 is 3.05. The third-order valence-corrected chi connectivity index (χ3v) is 2.88. The van der Waals surface area contributed by atoms with Gasteiger partial charge in [0.15, 0.2) is 10.4 Å². The monoisotopic (exact) mass is 346 g/mol. The summed E-state index contributed by atoms with van der Waals surface area (Å²) in [7, 11) is 0. The Morgan fingerprint density at radius 3 is 2.45 bits per heavy atom. The van der Waals surface area contributed by atoms with Crippen LogP contribution in [0.5, 0.6) is 0 Å². The molecule has 0 fully saturated rings. The first kappa shape index (κ1) is 16.2. The Kier molecular flexibility index (Phi) is 5.75. The molecule has 0 saturated heterocycles. The van der Waals surface area contributed by atoms with Crippen molar-refractivity contribution >= 4 is 33.7 Å². The number of aliphatic carboxylic acids is 1. The molecule has 0 spiro atoms. The first-order chi connectivity index (χ1) is 9.31. The zero-order valence-corrected chi connectivity index (χ0v) is 12.6. The minimum absolute atomic E-state index is 0.0586. The Morgan fingerprint density at radius 1 is 1.35 bits per heavy atom. The molecule has 3 N–H and O–H groups in total. The third-order valence-electron chi connectivity index (χ3n) is 2.46. The number of rotatable bonds is 6. The lowest BCUT2D eigenvalue weighted by molar-refractivity contribution is -0.142. The highest BCUT2D eigenvalue weighted by Crippen LogP contribution is 2.13. The minimum Gasteiger partial charge on any atom is -0.480 e. The van der Waals surface area contributed by atoms with E-state index in [1.54, 1.807) is 19.9 Å². The van der Waals surface area contributed by atoms with E-state index in [4.69, 9.17) is 9.52 Å². The highest BCUT2D eigenvalue weighted by Gasteiger charge is 2.23. The Balaban J connectivity index is 2.47. The average Bonchev–Trinajstić information content (AvgIpc) is 2.79. The maximum absolute atomic E-state index is 11.6. The lowest BCUT2D eigenvalue weighted by atomic mass is 10.1. The maximum atomic E-state index is 11.6. The van der Waals surface area contributed by atoms with Gasteiger partial charge in [-0.1, -0.05) is 13.8 Å². The summed E-state index contributed by atoms with van der Waals surface area (Å²) in [5.74, 6) is -2.45. The number of amides is 2. The second kappa shape index (κ2) is 7.09. The molecule has 0 aliphatic heterocycles. The molecule has 0 aliphatic carbocycles. The van der Waals surface area contributed by atoms with Crippen molar-refractivity contribution in [1.29, 1.82) is 0 Å². The van der Waals surface area contributed by atoms with Crippen molar-refractivity contribution in [3.63, 3.8) is 0 Å². The molecule has 1 rings (SSSR count). The van der Waals surface area contributed by atoms with Crippen LogP contribution in [0.4, 0.5) is 0 Å². The van der Waals surface area contributed by atoms with Gasteiger partial charge in [-0.2, -0.15) is 0 Å². The number of carbonyl (C=O) groups is 3. The van der Waals surface area contributed by atoms with Gasteiger partial charge in [0.1, 0.15) is 6.04 Å². The van der Waals surface area contributed by atoms with Gasteiger partial charge in [0, 0.05) is 0 Å². The predicted octanol–water partition coefficient (Wildman–Crippen LogP) is 0.997.